The van der Waals surface area contributed by atoms with Gasteiger partial charge in [-0.1, -0.05) is 112 Å². The molecule has 2 saturated carbocycles. The third-order valence-electron chi connectivity index (χ3n) is 2.92. The minimum atomic E-state index is -3.08. The molecule has 0 aromatic heterocycles. The van der Waals surface area contributed by atoms with Crippen LogP contribution in [0.1, 0.15) is 90.9 Å². The minimum Gasteiger partial charge on any atom is -0.267 e. The number of hydrogen-bond acceptors (Lipinski definition) is 2. The summed E-state index contributed by atoms with van der Waals surface area (Å²) in [7, 11) is 1.50. The molecule has 2 fully saturated rings. The quantitative estimate of drug-likeness (QED) is 0.365. The van der Waals surface area contributed by atoms with Gasteiger partial charge in [-0.2, -0.15) is 13.2 Å². The van der Waals surface area contributed by atoms with Gasteiger partial charge in [0.1, 0.15) is 0 Å². The Morgan fingerprint density at radius 1 is 0.862 bits per heavy atom. The van der Waals surface area contributed by atoms with Crippen molar-refractivity contribution in [2.45, 2.75) is 90.9 Å². The molecule has 2 aliphatic carbocycles. The van der Waals surface area contributed by atoms with Crippen LogP contribution in [0, 0.1) is 44.5 Å². The summed E-state index contributed by atoms with van der Waals surface area (Å²) in [6.07, 6.45) is 19.3. The monoisotopic (exact) mass is 432 g/mol. The van der Waals surface area contributed by atoms with Crippen LogP contribution in [-0.2, 0) is 10.2 Å². The van der Waals surface area contributed by atoms with Crippen molar-refractivity contribution in [2.75, 3.05) is 14.2 Å². The maximum atomic E-state index is 9.58. The molecule has 0 aromatic carbocycles. The van der Waals surface area contributed by atoms with Gasteiger partial charge in [-0.05, 0) is 6.42 Å². The second-order valence-corrected chi connectivity index (χ2v) is 4.85. The lowest BCUT2D eigenvalue weighted by molar-refractivity contribution is -0.398. The first-order valence-electron chi connectivity index (χ1n) is 9.52. The summed E-state index contributed by atoms with van der Waals surface area (Å²) < 4.78 is 28.8. The molecule has 0 amide bonds. The fraction of sp³-hybridized carbons (Fsp3) is 0.762. The van der Waals surface area contributed by atoms with E-state index in [1.165, 1.54) is 70.6 Å². The topological polar surface area (TPSA) is 93.9 Å². The molecule has 8 heteroatoms. The van der Waals surface area contributed by atoms with Gasteiger partial charge in [0.2, 0.25) is 0 Å². The van der Waals surface area contributed by atoms with E-state index in [0.29, 0.717) is 0 Å². The van der Waals surface area contributed by atoms with Gasteiger partial charge in [0.15, 0.2) is 0 Å². The predicted octanol–water partition coefficient (Wildman–Crippen LogP) is 6.78. The second kappa shape index (κ2) is 71.2. The molecular weight excluding hydrogens is 387 g/mol. The summed E-state index contributed by atoms with van der Waals surface area (Å²) in [5.74, 6) is 0. The van der Waals surface area contributed by atoms with Gasteiger partial charge in [0, 0.05) is 5.34 Å². The van der Waals surface area contributed by atoms with Gasteiger partial charge in [-0.25, -0.2) is 10.2 Å². The highest BCUT2D eigenvalue weighted by atomic mass is 19.4. The molecule has 0 saturated heterocycles. The zero-order chi connectivity index (χ0) is 23.5. The highest BCUT2D eigenvalue weighted by molar-refractivity contribution is 4.69. The van der Waals surface area contributed by atoms with Crippen molar-refractivity contribution in [3.8, 4) is 0 Å². The molecule has 0 bridgehead atoms. The lowest BCUT2D eigenvalue weighted by Crippen LogP contribution is -2.53. The van der Waals surface area contributed by atoms with Crippen LogP contribution in [0.4, 0.5) is 13.2 Å². The van der Waals surface area contributed by atoms with E-state index in [2.05, 4.69) is 27.2 Å². The van der Waals surface area contributed by atoms with Crippen LogP contribution in [-0.4, -0.2) is 14.2 Å². The minimum absolute atomic E-state index is 0. The Balaban J connectivity index is -0.0000000395. The Morgan fingerprint density at radius 2 is 1.03 bits per heavy atom. The largest absolute Gasteiger partial charge is 0.487 e. The Morgan fingerprint density at radius 3 is 1.10 bits per heavy atom. The molecule has 0 aliphatic heterocycles. The lowest BCUT2D eigenvalue weighted by atomic mass is 10.0. The summed E-state index contributed by atoms with van der Waals surface area (Å²) in [5.41, 5.74) is 0. The fourth-order valence-corrected chi connectivity index (χ4v) is 1.78. The third-order valence-corrected chi connectivity index (χ3v) is 2.92. The smallest absolute Gasteiger partial charge is 0.267 e. The van der Waals surface area contributed by atoms with E-state index in [1.54, 1.807) is 6.92 Å². The summed E-state index contributed by atoms with van der Waals surface area (Å²) in [6, 6.07) is 0. The van der Waals surface area contributed by atoms with Crippen LogP contribution in [0.2, 0.25) is 0 Å². The van der Waals surface area contributed by atoms with E-state index in [9.17, 15) is 13.2 Å². The average molecular weight is 433 g/mol. The fourth-order valence-electron chi connectivity index (χ4n) is 1.78. The molecule has 2 aliphatic rings. The summed E-state index contributed by atoms with van der Waals surface area (Å²) >= 11 is 0. The Labute approximate surface area is 179 Å². The van der Waals surface area contributed by atoms with Crippen molar-refractivity contribution in [3.63, 3.8) is 0 Å². The first-order valence-corrected chi connectivity index (χ1v) is 9.52. The number of nitrogens with one attached hydrogen (secondary N) is 1. The summed E-state index contributed by atoms with van der Waals surface area (Å²) in [6.45, 7) is 7.64. The standard InChI is InChI=1S/C6H11.C5H10.C4H9.C2H5.CF3.2CH3O.CH3.HNO2/c1-2-4-6-5-3-1;1-2-4-5-3-1;1-3-4-2;1-2;2-1(3)4;2*1-2;;2-1-3/h1H,2-6H2;1-5H2;1,3-4H2,2H3;1H2,2H3;;2*1H3;1H3;1H. The van der Waals surface area contributed by atoms with E-state index in [4.69, 9.17) is 20.3 Å². The predicted molar refractivity (Wildman–Crippen MR) is 116 cm³/mol. The van der Waals surface area contributed by atoms with E-state index in [-0.39, 0.29) is 12.8 Å². The number of rotatable bonds is 1. The van der Waals surface area contributed by atoms with Gasteiger partial charge >= 0.3 is 6.68 Å². The van der Waals surface area contributed by atoms with E-state index >= 15 is 0 Å². The zero-order valence-electron chi connectivity index (χ0n) is 19.2. The molecule has 2 rings (SSSR count). The van der Waals surface area contributed by atoms with Crippen LogP contribution in [0.15, 0.2) is 0 Å². The number of unbranched alkanes of at least 4 members (excludes halogenated alkanes) is 1. The molecule has 0 aromatic rings. The molecule has 0 spiro atoms. The average Bonchev–Trinajstić information content (AvgIpc) is 3.34. The van der Waals surface area contributed by atoms with Crippen molar-refractivity contribution in [2.24, 2.45) is 0 Å². The van der Waals surface area contributed by atoms with Gasteiger partial charge in [0.25, 0.3) is 0 Å². The van der Waals surface area contributed by atoms with Crippen LogP contribution in [0.5, 0.6) is 0 Å². The highest BCUT2D eigenvalue weighted by Crippen LogP contribution is 2.15. The molecular formula is C21H45F3NO4. The zero-order valence-corrected chi connectivity index (χ0v) is 19.2. The Kier molecular flexibility index (Phi) is 114. The van der Waals surface area contributed by atoms with Crippen LogP contribution in [0.25, 0.3) is 0 Å². The second-order valence-electron chi connectivity index (χ2n) is 4.85. The van der Waals surface area contributed by atoms with E-state index in [0.717, 1.165) is 20.6 Å². The summed E-state index contributed by atoms with van der Waals surface area (Å²) in [5, 5.41) is 24.9. The Hall–Kier alpha value is -0.890. The first-order chi connectivity index (χ1) is 13.6. The van der Waals surface area contributed by atoms with Crippen molar-refractivity contribution in [1.82, 2.24) is 0 Å². The normalized spacial score (nSPS) is 12.4. The first kappa shape index (κ1) is 46.4. The molecule has 1 N–H and O–H groups in total. The number of hydrogen-bond donors (Lipinski definition) is 1. The Bertz CT molecular complexity index is 161. The van der Waals surface area contributed by atoms with Gasteiger partial charge in [-0.3, -0.25) is 10.1 Å². The van der Waals surface area contributed by atoms with Crippen molar-refractivity contribution in [3.05, 3.63) is 44.5 Å². The van der Waals surface area contributed by atoms with Gasteiger partial charge < -0.3 is 0 Å². The van der Waals surface area contributed by atoms with Crippen molar-refractivity contribution in [1.29, 1.82) is 0 Å². The molecule has 7 radical (unpaired) electrons. The third kappa shape index (κ3) is 138. The highest BCUT2D eigenvalue weighted by Gasteiger charge is 1.96. The van der Waals surface area contributed by atoms with Crippen LogP contribution in [0.3, 0.4) is 0 Å². The number of halogens is 3. The van der Waals surface area contributed by atoms with E-state index in [1.807, 2.05) is 0 Å². The van der Waals surface area contributed by atoms with Crippen molar-refractivity contribution < 1.29 is 28.7 Å². The molecule has 0 heterocycles. The van der Waals surface area contributed by atoms with E-state index < -0.39 is 6.68 Å². The summed E-state index contributed by atoms with van der Waals surface area (Å²) in [4.78, 5) is 8.12. The molecule has 0 atom stereocenters. The molecule has 179 valence electrons. The molecule has 29 heavy (non-hydrogen) atoms. The van der Waals surface area contributed by atoms with Crippen LogP contribution >= 0.6 is 0 Å². The lowest BCUT2D eigenvalue weighted by Gasteiger charge is -2.05. The SMILES string of the molecule is C1CCCC1.C[O].C[O].F[C](F)F.O=[NH+][O-].[CH2]C.[CH2]CCC.[CH3].[CH]1CCCCC1. The maximum Gasteiger partial charge on any atom is 0.487 e. The van der Waals surface area contributed by atoms with Crippen LogP contribution < -0.4 is 5.34 Å². The van der Waals surface area contributed by atoms with Crippen molar-refractivity contribution >= 4 is 0 Å². The maximum absolute atomic E-state index is 9.58. The molecule has 5 nitrogen and oxygen atoms in total. The van der Waals surface area contributed by atoms with Gasteiger partial charge in [-0.15, -0.1) is 0 Å². The molecule has 0 unspecified atom stereocenters. The van der Waals surface area contributed by atoms with Gasteiger partial charge in [0.05, 0.1) is 14.2 Å².